The molecule has 2 aromatic rings. The molecule has 3 nitrogen and oxygen atoms in total. The molecule has 0 fully saturated rings. The van der Waals surface area contributed by atoms with E-state index >= 15 is 0 Å². The van der Waals surface area contributed by atoms with E-state index < -0.39 is 5.97 Å². The zero-order valence-electron chi connectivity index (χ0n) is 9.68. The number of hydrogen-bond donors (Lipinski definition) is 2. The van der Waals surface area contributed by atoms with E-state index in [0.29, 0.717) is 0 Å². The fourth-order valence-corrected chi connectivity index (χ4v) is 2.83. The van der Waals surface area contributed by atoms with Crippen LogP contribution >= 0.6 is 27.3 Å². The Morgan fingerprint density at radius 1 is 1.44 bits per heavy atom. The highest BCUT2D eigenvalue weighted by atomic mass is 79.9. The lowest BCUT2D eigenvalue weighted by atomic mass is 10.2. The molecule has 1 aromatic heterocycles. The molecule has 0 spiro atoms. The topological polar surface area (TPSA) is 49.3 Å². The summed E-state index contributed by atoms with van der Waals surface area (Å²) < 4.78 is 0.755. The predicted molar refractivity (Wildman–Crippen MR) is 77.5 cm³/mol. The maximum absolute atomic E-state index is 10.8. The van der Waals surface area contributed by atoms with Crippen molar-refractivity contribution in [2.24, 2.45) is 0 Å². The van der Waals surface area contributed by atoms with E-state index in [2.05, 4.69) is 34.2 Å². The van der Waals surface area contributed by atoms with Crippen LogP contribution in [0.15, 0.2) is 40.2 Å². The van der Waals surface area contributed by atoms with Crippen LogP contribution in [0.3, 0.4) is 0 Å². The molecule has 0 amide bonds. The van der Waals surface area contributed by atoms with Crippen molar-refractivity contribution < 1.29 is 9.90 Å². The molecular formula is C13H12BrNO2S. The number of rotatable bonds is 4. The van der Waals surface area contributed by atoms with Crippen molar-refractivity contribution in [3.63, 3.8) is 0 Å². The number of carbonyl (C=O) groups is 1. The van der Waals surface area contributed by atoms with Gasteiger partial charge in [0.15, 0.2) is 0 Å². The van der Waals surface area contributed by atoms with Gasteiger partial charge in [0.2, 0.25) is 0 Å². The Hall–Kier alpha value is -1.33. The second-order valence-corrected chi connectivity index (χ2v) is 5.71. The van der Waals surface area contributed by atoms with Crippen molar-refractivity contribution in [2.75, 3.05) is 5.32 Å². The molecule has 0 saturated carbocycles. The minimum absolute atomic E-state index is 0.192. The molecule has 0 saturated heterocycles. The molecular weight excluding hydrogens is 314 g/mol. The normalized spacial score (nSPS) is 12.1. The molecule has 2 rings (SSSR count). The summed E-state index contributed by atoms with van der Waals surface area (Å²) >= 11 is 5.08. The first kappa shape index (κ1) is 13.1. The third-order valence-electron chi connectivity index (χ3n) is 2.56. The molecule has 0 radical (unpaired) electrons. The second kappa shape index (κ2) is 5.54. The third kappa shape index (κ3) is 2.91. The number of halogens is 1. The largest absolute Gasteiger partial charge is 0.478 e. The highest BCUT2D eigenvalue weighted by Gasteiger charge is 2.10. The third-order valence-corrected chi connectivity index (χ3v) is 4.27. The molecule has 5 heteroatoms. The van der Waals surface area contributed by atoms with Crippen LogP contribution in [0.1, 0.15) is 28.2 Å². The van der Waals surface area contributed by atoms with E-state index in [-0.39, 0.29) is 11.6 Å². The van der Waals surface area contributed by atoms with Crippen LogP contribution in [0.5, 0.6) is 0 Å². The first-order valence-corrected chi connectivity index (χ1v) is 7.08. The minimum Gasteiger partial charge on any atom is -0.478 e. The van der Waals surface area contributed by atoms with Gasteiger partial charge >= 0.3 is 5.97 Å². The van der Waals surface area contributed by atoms with E-state index in [9.17, 15) is 4.79 Å². The summed E-state index contributed by atoms with van der Waals surface area (Å²) in [6, 6.07) is 9.25. The first-order valence-electron chi connectivity index (χ1n) is 5.40. The highest BCUT2D eigenvalue weighted by molar-refractivity contribution is 9.10. The molecule has 0 aliphatic rings. The van der Waals surface area contributed by atoms with Crippen LogP contribution in [-0.4, -0.2) is 11.1 Å². The summed E-state index contributed by atoms with van der Waals surface area (Å²) in [5, 5.41) is 14.3. The smallest absolute Gasteiger partial charge is 0.335 e. The number of thiophene rings is 1. The summed E-state index contributed by atoms with van der Waals surface area (Å²) in [7, 11) is 0. The Morgan fingerprint density at radius 3 is 2.78 bits per heavy atom. The monoisotopic (exact) mass is 325 g/mol. The van der Waals surface area contributed by atoms with Gasteiger partial charge in [-0.2, -0.15) is 0 Å². The van der Waals surface area contributed by atoms with Crippen molar-refractivity contribution in [1.82, 2.24) is 0 Å². The number of anilines is 1. The van der Waals surface area contributed by atoms with Crippen molar-refractivity contribution in [3.05, 3.63) is 50.6 Å². The van der Waals surface area contributed by atoms with Gasteiger partial charge < -0.3 is 10.4 Å². The molecule has 1 aromatic carbocycles. The van der Waals surface area contributed by atoms with Crippen molar-refractivity contribution >= 4 is 38.9 Å². The molecule has 0 aliphatic carbocycles. The van der Waals surface area contributed by atoms with Crippen LogP contribution in [0.25, 0.3) is 0 Å². The van der Waals surface area contributed by atoms with Crippen LogP contribution < -0.4 is 5.32 Å². The van der Waals surface area contributed by atoms with Gasteiger partial charge in [0.1, 0.15) is 0 Å². The maximum Gasteiger partial charge on any atom is 0.335 e. The van der Waals surface area contributed by atoms with Gasteiger partial charge in [-0.05, 0) is 52.5 Å². The predicted octanol–water partition coefficient (Wildman–Crippen LogP) is 4.38. The molecule has 0 aliphatic heterocycles. The fraction of sp³-hybridized carbons (Fsp3) is 0.154. The number of carboxylic acids is 1. The van der Waals surface area contributed by atoms with Gasteiger partial charge in [-0.15, -0.1) is 11.3 Å². The van der Waals surface area contributed by atoms with Gasteiger partial charge in [-0.3, -0.25) is 0 Å². The van der Waals surface area contributed by atoms with Gasteiger partial charge in [0, 0.05) is 15.0 Å². The highest BCUT2D eigenvalue weighted by Crippen LogP contribution is 2.29. The molecule has 94 valence electrons. The fourth-order valence-electron chi connectivity index (χ4n) is 1.61. The lowest BCUT2D eigenvalue weighted by Gasteiger charge is -2.15. The summed E-state index contributed by atoms with van der Waals surface area (Å²) in [6.07, 6.45) is 0. The maximum atomic E-state index is 10.8. The Labute approximate surface area is 118 Å². The second-order valence-electron chi connectivity index (χ2n) is 3.88. The Balaban J connectivity index is 2.17. The average molecular weight is 326 g/mol. The lowest BCUT2D eigenvalue weighted by Crippen LogP contribution is -2.06. The number of benzene rings is 1. The van der Waals surface area contributed by atoms with E-state index in [4.69, 9.17) is 5.11 Å². The lowest BCUT2D eigenvalue weighted by molar-refractivity contribution is 0.0697. The van der Waals surface area contributed by atoms with Crippen LogP contribution in [0, 0.1) is 0 Å². The zero-order valence-corrected chi connectivity index (χ0v) is 12.1. The Kier molecular flexibility index (Phi) is 4.04. The van der Waals surface area contributed by atoms with Gasteiger partial charge in [0.25, 0.3) is 0 Å². The quantitative estimate of drug-likeness (QED) is 0.876. The number of carboxylic acid groups (broad SMARTS) is 1. The number of nitrogens with one attached hydrogen (secondary N) is 1. The minimum atomic E-state index is -0.923. The standard InChI is InChI=1S/C13H12BrNO2S/c1-8(12-3-2-6-18-12)15-11-5-4-9(13(16)17)7-10(11)14/h2-8,15H,1H3,(H,16,17). The van der Waals surface area contributed by atoms with E-state index in [1.807, 2.05) is 11.4 Å². The van der Waals surface area contributed by atoms with Crippen LogP contribution in [0.2, 0.25) is 0 Å². The molecule has 1 atom stereocenters. The van der Waals surface area contributed by atoms with Crippen LogP contribution in [0.4, 0.5) is 5.69 Å². The van der Waals surface area contributed by atoms with Crippen molar-refractivity contribution in [1.29, 1.82) is 0 Å². The summed E-state index contributed by atoms with van der Waals surface area (Å²) in [6.45, 7) is 2.07. The Bertz CT molecular complexity index is 554. The van der Waals surface area contributed by atoms with Crippen LogP contribution in [-0.2, 0) is 0 Å². The molecule has 1 heterocycles. The summed E-state index contributed by atoms with van der Waals surface area (Å²) in [5.74, 6) is -0.923. The van der Waals surface area contributed by atoms with Gasteiger partial charge in [-0.25, -0.2) is 4.79 Å². The molecule has 2 N–H and O–H groups in total. The SMILES string of the molecule is CC(Nc1ccc(C(=O)O)cc1Br)c1cccs1. The number of hydrogen-bond acceptors (Lipinski definition) is 3. The summed E-state index contributed by atoms with van der Waals surface area (Å²) in [4.78, 5) is 12.1. The number of aromatic carboxylic acids is 1. The van der Waals surface area contributed by atoms with E-state index in [0.717, 1.165) is 10.2 Å². The Morgan fingerprint density at radius 2 is 2.22 bits per heavy atom. The summed E-state index contributed by atoms with van der Waals surface area (Å²) in [5.41, 5.74) is 1.16. The van der Waals surface area contributed by atoms with Gasteiger partial charge in [-0.1, -0.05) is 6.07 Å². The zero-order chi connectivity index (χ0) is 13.1. The van der Waals surface area contributed by atoms with E-state index in [1.165, 1.54) is 4.88 Å². The molecule has 1 unspecified atom stereocenters. The first-order chi connectivity index (χ1) is 8.58. The van der Waals surface area contributed by atoms with Crippen molar-refractivity contribution in [3.8, 4) is 0 Å². The van der Waals surface area contributed by atoms with E-state index in [1.54, 1.807) is 29.5 Å². The molecule has 0 bridgehead atoms. The average Bonchev–Trinajstić information content (AvgIpc) is 2.85. The van der Waals surface area contributed by atoms with Crippen molar-refractivity contribution in [2.45, 2.75) is 13.0 Å². The van der Waals surface area contributed by atoms with Gasteiger partial charge in [0.05, 0.1) is 11.6 Å². The molecule has 18 heavy (non-hydrogen) atoms.